The molecule has 2 N–H and O–H groups in total. The Morgan fingerprint density at radius 3 is 2.82 bits per heavy atom. The minimum Gasteiger partial charge on any atom is -0.349 e. The van der Waals surface area contributed by atoms with Crippen LogP contribution in [0.5, 0.6) is 0 Å². The Labute approximate surface area is 168 Å². The first-order valence-electron chi connectivity index (χ1n) is 9.94. The number of rotatable bonds is 6. The summed E-state index contributed by atoms with van der Waals surface area (Å²) in [7, 11) is 0. The number of carbonyl (C=O) groups is 1. The number of thiophene rings is 1. The summed E-state index contributed by atoms with van der Waals surface area (Å²) in [4.78, 5) is 34.6. The van der Waals surface area contributed by atoms with Crippen LogP contribution in [0.2, 0.25) is 0 Å². The lowest BCUT2D eigenvalue weighted by atomic mass is 10.0. The van der Waals surface area contributed by atoms with E-state index in [-0.39, 0.29) is 17.5 Å². The van der Waals surface area contributed by atoms with Gasteiger partial charge in [0.25, 0.3) is 5.56 Å². The van der Waals surface area contributed by atoms with Crippen LogP contribution in [0.25, 0.3) is 10.2 Å². The molecule has 6 heteroatoms. The number of nitrogens with one attached hydrogen (secondary N) is 2. The summed E-state index contributed by atoms with van der Waals surface area (Å²) in [6, 6.07) is 8.25. The standard InChI is InChI=1S/C22H25N3O2S/c1-3-16(14-9-7-13(2)8-10-14)23-19(26)12-11-18-24-21(27)20-15-5-4-6-17(15)28-22(20)25-18/h7-10,16H,3-6,11-12H2,1-2H3,(H,23,26)(H,24,25,27). The molecule has 5 nitrogen and oxygen atoms in total. The second-order valence-corrected chi connectivity index (χ2v) is 8.57. The van der Waals surface area contributed by atoms with E-state index in [2.05, 4.69) is 53.4 Å². The summed E-state index contributed by atoms with van der Waals surface area (Å²) in [6.45, 7) is 4.12. The third-order valence-electron chi connectivity index (χ3n) is 5.44. The van der Waals surface area contributed by atoms with Gasteiger partial charge in [-0.2, -0.15) is 0 Å². The molecule has 1 atom stereocenters. The van der Waals surface area contributed by atoms with Crippen LogP contribution in [0.15, 0.2) is 29.1 Å². The van der Waals surface area contributed by atoms with Gasteiger partial charge in [0.1, 0.15) is 10.7 Å². The SMILES string of the molecule is CCC(NC(=O)CCc1nc2sc3c(c2c(=O)[nH]1)CCC3)c1ccc(C)cc1. The average Bonchev–Trinajstić information content (AvgIpc) is 3.26. The predicted octanol–water partition coefficient (Wildman–Crippen LogP) is 3.98. The van der Waals surface area contributed by atoms with Crippen molar-refractivity contribution in [3.63, 3.8) is 0 Å². The molecule has 1 amide bonds. The molecule has 4 rings (SSSR count). The Morgan fingerprint density at radius 1 is 1.29 bits per heavy atom. The van der Waals surface area contributed by atoms with Gasteiger partial charge in [-0.15, -0.1) is 11.3 Å². The van der Waals surface area contributed by atoms with Gasteiger partial charge in [-0.3, -0.25) is 9.59 Å². The summed E-state index contributed by atoms with van der Waals surface area (Å²) in [5.74, 6) is 0.569. The van der Waals surface area contributed by atoms with Crippen molar-refractivity contribution in [1.29, 1.82) is 0 Å². The van der Waals surface area contributed by atoms with Crippen LogP contribution in [-0.4, -0.2) is 15.9 Å². The van der Waals surface area contributed by atoms with E-state index in [0.29, 0.717) is 18.7 Å². The van der Waals surface area contributed by atoms with Gasteiger partial charge in [0.2, 0.25) is 5.91 Å². The van der Waals surface area contributed by atoms with E-state index in [4.69, 9.17) is 0 Å². The molecule has 28 heavy (non-hydrogen) atoms. The Morgan fingerprint density at radius 2 is 2.07 bits per heavy atom. The highest BCUT2D eigenvalue weighted by Crippen LogP contribution is 2.34. The van der Waals surface area contributed by atoms with E-state index in [1.165, 1.54) is 16.0 Å². The molecule has 3 aromatic rings. The molecule has 0 spiro atoms. The molecule has 1 aliphatic rings. The van der Waals surface area contributed by atoms with Crippen LogP contribution in [-0.2, 0) is 24.1 Å². The van der Waals surface area contributed by atoms with E-state index in [1.807, 2.05) is 0 Å². The molecule has 0 aliphatic heterocycles. The minimum absolute atomic E-state index is 0.00265. The van der Waals surface area contributed by atoms with Crippen molar-refractivity contribution in [3.05, 3.63) is 62.0 Å². The zero-order valence-corrected chi connectivity index (χ0v) is 17.1. The Balaban J connectivity index is 1.43. The second kappa shape index (κ2) is 7.87. The molecular formula is C22H25N3O2S. The largest absolute Gasteiger partial charge is 0.349 e. The quantitative estimate of drug-likeness (QED) is 0.663. The number of carbonyl (C=O) groups excluding carboxylic acids is 1. The third-order valence-corrected chi connectivity index (χ3v) is 6.62. The van der Waals surface area contributed by atoms with Crippen molar-refractivity contribution in [2.45, 2.75) is 58.4 Å². The van der Waals surface area contributed by atoms with Crippen LogP contribution in [0.4, 0.5) is 0 Å². The van der Waals surface area contributed by atoms with Gasteiger partial charge in [0.15, 0.2) is 0 Å². The lowest BCUT2D eigenvalue weighted by Gasteiger charge is -2.17. The Kier molecular flexibility index (Phi) is 5.31. The highest BCUT2D eigenvalue weighted by molar-refractivity contribution is 7.18. The fraction of sp³-hybridized carbons (Fsp3) is 0.409. The number of hydrogen-bond acceptors (Lipinski definition) is 4. The highest BCUT2D eigenvalue weighted by atomic mass is 32.1. The molecular weight excluding hydrogens is 370 g/mol. The summed E-state index contributed by atoms with van der Waals surface area (Å²) in [5, 5.41) is 3.86. The van der Waals surface area contributed by atoms with Gasteiger partial charge >= 0.3 is 0 Å². The van der Waals surface area contributed by atoms with Crippen LogP contribution in [0.1, 0.15) is 59.6 Å². The second-order valence-electron chi connectivity index (χ2n) is 7.49. The number of aromatic amines is 1. The van der Waals surface area contributed by atoms with E-state index in [0.717, 1.165) is 41.5 Å². The zero-order valence-electron chi connectivity index (χ0n) is 16.3. The molecule has 1 unspecified atom stereocenters. The Bertz CT molecular complexity index is 1070. The fourth-order valence-electron chi connectivity index (χ4n) is 3.88. The number of amides is 1. The van der Waals surface area contributed by atoms with Gasteiger partial charge in [0.05, 0.1) is 11.4 Å². The number of fused-ring (bicyclic) bond motifs is 3. The Hall–Kier alpha value is -2.47. The summed E-state index contributed by atoms with van der Waals surface area (Å²) < 4.78 is 0. The lowest BCUT2D eigenvalue weighted by Crippen LogP contribution is -2.28. The molecule has 1 aromatic carbocycles. The zero-order chi connectivity index (χ0) is 19.7. The first-order chi connectivity index (χ1) is 13.5. The topological polar surface area (TPSA) is 74.8 Å². The van der Waals surface area contributed by atoms with Crippen molar-refractivity contribution in [3.8, 4) is 0 Å². The van der Waals surface area contributed by atoms with Gasteiger partial charge in [-0.05, 0) is 43.7 Å². The first kappa shape index (κ1) is 18.9. The van der Waals surface area contributed by atoms with Crippen molar-refractivity contribution in [2.75, 3.05) is 0 Å². The maximum absolute atomic E-state index is 12.5. The summed E-state index contributed by atoms with van der Waals surface area (Å²) in [6.07, 6.45) is 4.71. The number of hydrogen-bond donors (Lipinski definition) is 2. The van der Waals surface area contributed by atoms with E-state index in [1.54, 1.807) is 11.3 Å². The van der Waals surface area contributed by atoms with Crippen molar-refractivity contribution in [1.82, 2.24) is 15.3 Å². The number of aryl methyl sites for hydroxylation is 4. The molecule has 2 heterocycles. The van der Waals surface area contributed by atoms with Crippen LogP contribution in [0, 0.1) is 6.92 Å². The summed E-state index contributed by atoms with van der Waals surface area (Å²) >= 11 is 1.63. The molecule has 146 valence electrons. The minimum atomic E-state index is -0.0640. The first-order valence-corrected chi connectivity index (χ1v) is 10.8. The lowest BCUT2D eigenvalue weighted by molar-refractivity contribution is -0.121. The van der Waals surface area contributed by atoms with Crippen molar-refractivity contribution < 1.29 is 4.79 Å². The number of aromatic nitrogens is 2. The number of H-pyrrole nitrogens is 1. The molecule has 1 aliphatic carbocycles. The monoisotopic (exact) mass is 395 g/mol. The molecule has 0 saturated heterocycles. The van der Waals surface area contributed by atoms with E-state index >= 15 is 0 Å². The molecule has 0 saturated carbocycles. The van der Waals surface area contributed by atoms with E-state index < -0.39 is 0 Å². The van der Waals surface area contributed by atoms with Crippen LogP contribution < -0.4 is 10.9 Å². The van der Waals surface area contributed by atoms with Gasteiger partial charge in [-0.1, -0.05) is 36.8 Å². The van der Waals surface area contributed by atoms with Gasteiger partial charge in [0, 0.05) is 17.7 Å². The van der Waals surface area contributed by atoms with Crippen LogP contribution in [0.3, 0.4) is 0 Å². The predicted molar refractivity (Wildman–Crippen MR) is 113 cm³/mol. The number of nitrogens with zero attached hydrogens (tertiary/aromatic N) is 1. The fourth-order valence-corrected chi connectivity index (χ4v) is 5.16. The van der Waals surface area contributed by atoms with E-state index in [9.17, 15) is 9.59 Å². The smallest absolute Gasteiger partial charge is 0.259 e. The average molecular weight is 396 g/mol. The van der Waals surface area contributed by atoms with Gasteiger partial charge in [-0.25, -0.2) is 4.98 Å². The maximum atomic E-state index is 12.5. The number of benzene rings is 1. The maximum Gasteiger partial charge on any atom is 0.259 e. The summed E-state index contributed by atoms with van der Waals surface area (Å²) in [5.41, 5.74) is 3.44. The van der Waals surface area contributed by atoms with Crippen LogP contribution >= 0.6 is 11.3 Å². The molecule has 0 fully saturated rings. The van der Waals surface area contributed by atoms with Crippen molar-refractivity contribution >= 4 is 27.5 Å². The molecule has 0 bridgehead atoms. The van der Waals surface area contributed by atoms with Crippen molar-refractivity contribution in [2.24, 2.45) is 0 Å². The third kappa shape index (κ3) is 3.74. The highest BCUT2D eigenvalue weighted by Gasteiger charge is 2.21. The molecule has 2 aromatic heterocycles. The normalized spacial score (nSPS) is 14.2. The molecule has 0 radical (unpaired) electrons. The van der Waals surface area contributed by atoms with Gasteiger partial charge < -0.3 is 10.3 Å².